The van der Waals surface area contributed by atoms with E-state index in [4.69, 9.17) is 0 Å². The minimum absolute atomic E-state index is 0.0176. The van der Waals surface area contributed by atoms with E-state index in [1.165, 1.54) is 6.07 Å². The molecule has 2 N–H and O–H groups in total. The first-order valence-electron chi connectivity index (χ1n) is 8.68. The Morgan fingerprint density at radius 2 is 1.81 bits per heavy atom. The molecule has 0 amide bonds. The Morgan fingerprint density at radius 3 is 2.63 bits per heavy atom. The fourth-order valence-electron chi connectivity index (χ4n) is 3.35. The first kappa shape index (κ1) is 16.8. The topological polar surface area (TPSA) is 83.8 Å². The average molecular weight is 358 g/mol. The summed E-state index contributed by atoms with van der Waals surface area (Å²) in [6.45, 7) is 0.490. The van der Waals surface area contributed by atoms with E-state index in [1.807, 2.05) is 42.6 Å². The predicted molar refractivity (Wildman–Crippen MR) is 106 cm³/mol. The number of nitrogens with one attached hydrogen (secondary N) is 2. The Kier molecular flexibility index (Phi) is 4.53. The van der Waals surface area contributed by atoms with E-state index in [2.05, 4.69) is 33.5 Å². The second kappa shape index (κ2) is 7.29. The Labute approximate surface area is 156 Å². The minimum Gasteiger partial charge on any atom is -0.363 e. The number of para-hydroxylation sites is 1. The van der Waals surface area contributed by atoms with Gasteiger partial charge in [-0.3, -0.25) is 10.1 Å². The third-order valence-corrected chi connectivity index (χ3v) is 4.66. The number of fused-ring (bicyclic) bond motifs is 1. The Bertz CT molecular complexity index is 1080. The van der Waals surface area contributed by atoms with Gasteiger partial charge in [0.1, 0.15) is 0 Å². The zero-order valence-corrected chi connectivity index (χ0v) is 14.5. The molecule has 2 heterocycles. The molecule has 0 aliphatic heterocycles. The molecule has 0 fully saturated rings. The van der Waals surface area contributed by atoms with Crippen molar-refractivity contribution < 1.29 is 4.92 Å². The van der Waals surface area contributed by atoms with Crippen LogP contribution >= 0.6 is 0 Å². The summed E-state index contributed by atoms with van der Waals surface area (Å²) in [6, 6.07) is 21.3. The lowest BCUT2D eigenvalue weighted by atomic mass is 9.91. The van der Waals surface area contributed by atoms with Crippen molar-refractivity contribution >= 4 is 22.4 Å². The van der Waals surface area contributed by atoms with Gasteiger partial charge in [0.25, 0.3) is 0 Å². The van der Waals surface area contributed by atoms with E-state index in [-0.39, 0.29) is 17.4 Å². The zero-order chi connectivity index (χ0) is 18.6. The van der Waals surface area contributed by atoms with Gasteiger partial charge in [0.2, 0.25) is 5.82 Å². The SMILES string of the molecule is O=[N+]([O-])c1cccnc1NC[C@H](c1ccccc1)c1c[nH]c2ccccc12. The van der Waals surface area contributed by atoms with Gasteiger partial charge in [0.05, 0.1) is 4.92 Å². The van der Waals surface area contributed by atoms with E-state index in [0.29, 0.717) is 6.54 Å². The van der Waals surface area contributed by atoms with Gasteiger partial charge in [0, 0.05) is 41.8 Å². The van der Waals surface area contributed by atoms with Crippen LogP contribution in [0.15, 0.2) is 79.1 Å². The molecule has 0 bridgehead atoms. The number of benzene rings is 2. The molecule has 2 aromatic heterocycles. The van der Waals surface area contributed by atoms with Gasteiger partial charge >= 0.3 is 5.69 Å². The summed E-state index contributed by atoms with van der Waals surface area (Å²) in [5.41, 5.74) is 3.32. The van der Waals surface area contributed by atoms with Gasteiger partial charge in [-0.1, -0.05) is 48.5 Å². The number of rotatable bonds is 6. The van der Waals surface area contributed by atoms with Crippen LogP contribution in [0.25, 0.3) is 10.9 Å². The summed E-state index contributed by atoms with van der Waals surface area (Å²) in [4.78, 5) is 18.3. The summed E-state index contributed by atoms with van der Waals surface area (Å²) < 4.78 is 0. The normalized spacial score (nSPS) is 12.0. The van der Waals surface area contributed by atoms with Gasteiger partial charge in [-0.2, -0.15) is 0 Å². The molecular weight excluding hydrogens is 340 g/mol. The maximum atomic E-state index is 11.3. The summed E-state index contributed by atoms with van der Waals surface area (Å²) >= 11 is 0. The molecule has 0 saturated heterocycles. The van der Waals surface area contributed by atoms with Crippen LogP contribution in [0.5, 0.6) is 0 Å². The molecular formula is C21H18N4O2. The largest absolute Gasteiger partial charge is 0.363 e. The maximum Gasteiger partial charge on any atom is 0.311 e. The van der Waals surface area contributed by atoms with Crippen molar-refractivity contribution in [1.29, 1.82) is 0 Å². The number of anilines is 1. The van der Waals surface area contributed by atoms with Crippen LogP contribution in [-0.4, -0.2) is 21.4 Å². The Morgan fingerprint density at radius 1 is 1.04 bits per heavy atom. The molecule has 2 aromatic carbocycles. The molecule has 1 atom stereocenters. The van der Waals surface area contributed by atoms with Crippen molar-refractivity contribution in [1.82, 2.24) is 9.97 Å². The number of H-pyrrole nitrogens is 1. The summed E-state index contributed by atoms with van der Waals surface area (Å²) in [6.07, 6.45) is 3.56. The molecule has 0 saturated carbocycles. The highest BCUT2D eigenvalue weighted by molar-refractivity contribution is 5.84. The minimum atomic E-state index is -0.418. The van der Waals surface area contributed by atoms with Crippen LogP contribution < -0.4 is 5.32 Å². The van der Waals surface area contributed by atoms with Gasteiger partial charge in [-0.05, 0) is 23.3 Å². The van der Waals surface area contributed by atoms with Crippen LogP contribution in [-0.2, 0) is 0 Å². The molecule has 0 aliphatic rings. The molecule has 4 rings (SSSR count). The fourth-order valence-corrected chi connectivity index (χ4v) is 3.35. The standard InChI is InChI=1S/C21H18N4O2/c26-25(27)20-11-6-12-22-21(20)24-13-17(15-7-2-1-3-8-15)18-14-23-19-10-5-4-9-16(18)19/h1-12,14,17,23H,13H2,(H,22,24)/t17-/m1/s1. The van der Waals surface area contributed by atoms with Crippen molar-refractivity contribution in [3.8, 4) is 0 Å². The Balaban J connectivity index is 1.71. The van der Waals surface area contributed by atoms with Crippen molar-refractivity contribution in [2.24, 2.45) is 0 Å². The molecule has 27 heavy (non-hydrogen) atoms. The van der Waals surface area contributed by atoms with Gasteiger partial charge in [-0.15, -0.1) is 0 Å². The smallest absolute Gasteiger partial charge is 0.311 e. The van der Waals surface area contributed by atoms with E-state index >= 15 is 0 Å². The van der Waals surface area contributed by atoms with Crippen molar-refractivity contribution in [2.75, 3.05) is 11.9 Å². The summed E-state index contributed by atoms with van der Waals surface area (Å²) in [7, 11) is 0. The quantitative estimate of drug-likeness (QED) is 0.386. The highest BCUT2D eigenvalue weighted by Crippen LogP contribution is 2.32. The lowest BCUT2D eigenvalue weighted by Crippen LogP contribution is -2.15. The third-order valence-electron chi connectivity index (χ3n) is 4.66. The first-order valence-corrected chi connectivity index (χ1v) is 8.68. The van der Waals surface area contributed by atoms with Crippen molar-refractivity contribution in [3.05, 3.63) is 100 Å². The first-order chi connectivity index (χ1) is 13.2. The number of hydrogen-bond acceptors (Lipinski definition) is 4. The predicted octanol–water partition coefficient (Wildman–Crippen LogP) is 4.72. The van der Waals surface area contributed by atoms with Crippen LogP contribution in [0.1, 0.15) is 17.0 Å². The number of aromatic nitrogens is 2. The van der Waals surface area contributed by atoms with Gasteiger partial charge in [-0.25, -0.2) is 4.98 Å². The van der Waals surface area contributed by atoms with Crippen molar-refractivity contribution in [3.63, 3.8) is 0 Å². The third kappa shape index (κ3) is 3.37. The Hall–Kier alpha value is -3.67. The zero-order valence-electron chi connectivity index (χ0n) is 14.5. The van der Waals surface area contributed by atoms with Crippen LogP contribution in [0.4, 0.5) is 11.5 Å². The van der Waals surface area contributed by atoms with Crippen LogP contribution in [0, 0.1) is 10.1 Å². The van der Waals surface area contributed by atoms with E-state index in [9.17, 15) is 10.1 Å². The molecule has 6 heteroatoms. The second-order valence-corrected chi connectivity index (χ2v) is 6.26. The van der Waals surface area contributed by atoms with Crippen LogP contribution in [0.2, 0.25) is 0 Å². The molecule has 0 radical (unpaired) electrons. The number of nitro groups is 1. The van der Waals surface area contributed by atoms with E-state index in [1.54, 1.807) is 12.3 Å². The number of aromatic amines is 1. The number of nitrogens with zero attached hydrogens (tertiary/aromatic N) is 2. The molecule has 134 valence electrons. The lowest BCUT2D eigenvalue weighted by molar-refractivity contribution is -0.384. The second-order valence-electron chi connectivity index (χ2n) is 6.26. The molecule has 0 unspecified atom stereocenters. The lowest BCUT2D eigenvalue weighted by Gasteiger charge is -2.18. The highest BCUT2D eigenvalue weighted by Gasteiger charge is 2.20. The van der Waals surface area contributed by atoms with E-state index in [0.717, 1.165) is 22.0 Å². The number of pyridine rings is 1. The highest BCUT2D eigenvalue weighted by atomic mass is 16.6. The summed E-state index contributed by atoms with van der Waals surface area (Å²) in [5.74, 6) is 0.298. The maximum absolute atomic E-state index is 11.3. The average Bonchev–Trinajstić information content (AvgIpc) is 3.13. The van der Waals surface area contributed by atoms with Crippen LogP contribution in [0.3, 0.4) is 0 Å². The van der Waals surface area contributed by atoms with E-state index < -0.39 is 4.92 Å². The molecule has 0 spiro atoms. The molecule has 6 nitrogen and oxygen atoms in total. The van der Waals surface area contributed by atoms with Gasteiger partial charge < -0.3 is 10.3 Å². The summed E-state index contributed by atoms with van der Waals surface area (Å²) in [5, 5.41) is 15.6. The molecule has 0 aliphatic carbocycles. The number of hydrogen-bond donors (Lipinski definition) is 2. The molecule has 4 aromatic rings. The fraction of sp³-hybridized carbons (Fsp3) is 0.0952. The van der Waals surface area contributed by atoms with Gasteiger partial charge in [0.15, 0.2) is 0 Å². The van der Waals surface area contributed by atoms with Crippen molar-refractivity contribution in [2.45, 2.75) is 5.92 Å². The monoisotopic (exact) mass is 358 g/mol.